The van der Waals surface area contributed by atoms with Gasteiger partial charge in [-0.05, 0) is 75.1 Å². The third kappa shape index (κ3) is 8.70. The van der Waals surface area contributed by atoms with E-state index in [4.69, 9.17) is 4.74 Å². The predicted octanol–water partition coefficient (Wildman–Crippen LogP) is 5.84. The van der Waals surface area contributed by atoms with Gasteiger partial charge in [-0.25, -0.2) is 4.79 Å². The fourth-order valence-electron chi connectivity index (χ4n) is 4.44. The lowest BCUT2D eigenvalue weighted by Crippen LogP contribution is -2.53. The van der Waals surface area contributed by atoms with Crippen molar-refractivity contribution in [1.82, 2.24) is 10.2 Å². The first-order valence-corrected chi connectivity index (χ1v) is 13.5. The highest BCUT2D eigenvalue weighted by Crippen LogP contribution is 2.28. The summed E-state index contributed by atoms with van der Waals surface area (Å²) in [5.74, 6) is -0.807. The van der Waals surface area contributed by atoms with Crippen molar-refractivity contribution in [2.24, 2.45) is 0 Å². The molecule has 0 aliphatic carbocycles. The number of carbonyl (C=O) groups excluding carboxylic acids is 3. The van der Waals surface area contributed by atoms with E-state index in [1.54, 1.807) is 45.0 Å². The van der Waals surface area contributed by atoms with Gasteiger partial charge >= 0.3 is 6.09 Å². The summed E-state index contributed by atoms with van der Waals surface area (Å²) in [6.45, 7) is 12.9. The molecule has 3 aromatic carbocycles. The lowest BCUT2D eigenvalue weighted by molar-refractivity contribution is -0.140. The van der Waals surface area contributed by atoms with Crippen LogP contribution in [-0.2, 0) is 20.7 Å². The van der Waals surface area contributed by atoms with Crippen LogP contribution in [0.2, 0.25) is 0 Å². The lowest BCUT2D eigenvalue weighted by Gasteiger charge is -2.34. The van der Waals surface area contributed by atoms with E-state index in [2.05, 4.69) is 17.2 Å². The van der Waals surface area contributed by atoms with Crippen molar-refractivity contribution < 1.29 is 24.2 Å². The summed E-state index contributed by atoms with van der Waals surface area (Å²) in [5.41, 5.74) is 2.91. The Morgan fingerprint density at radius 2 is 1.56 bits per heavy atom. The van der Waals surface area contributed by atoms with E-state index in [-0.39, 0.29) is 18.7 Å². The first-order chi connectivity index (χ1) is 19.4. The first-order valence-electron chi connectivity index (χ1n) is 13.5. The second kappa shape index (κ2) is 13.7. The molecular weight excluding hydrogens is 518 g/mol. The van der Waals surface area contributed by atoms with Gasteiger partial charge in [-0.2, -0.15) is 0 Å². The molecule has 0 radical (unpaired) electrons. The number of carbonyl (C=O) groups is 3. The van der Waals surface area contributed by atoms with Crippen LogP contribution in [0.1, 0.15) is 49.1 Å². The van der Waals surface area contributed by atoms with Gasteiger partial charge in [-0.3, -0.25) is 9.59 Å². The van der Waals surface area contributed by atoms with Crippen molar-refractivity contribution in [3.05, 3.63) is 108 Å². The van der Waals surface area contributed by atoms with Crippen molar-refractivity contribution in [3.63, 3.8) is 0 Å². The predicted molar refractivity (Wildman–Crippen MR) is 161 cm³/mol. The zero-order valence-electron chi connectivity index (χ0n) is 24.3. The minimum Gasteiger partial charge on any atom is -0.508 e. The molecule has 3 aromatic rings. The number of hydrogen-bond acceptors (Lipinski definition) is 5. The molecule has 0 bridgehead atoms. The van der Waals surface area contributed by atoms with Crippen LogP contribution in [0, 0.1) is 13.8 Å². The number of nitrogens with one attached hydrogen (secondary N) is 2. The van der Waals surface area contributed by atoms with Crippen molar-refractivity contribution in [1.29, 1.82) is 0 Å². The molecule has 0 saturated carbocycles. The molecule has 0 fully saturated rings. The number of aryl methyl sites for hydroxylation is 2. The van der Waals surface area contributed by atoms with Crippen LogP contribution in [0.25, 0.3) is 0 Å². The number of anilines is 1. The lowest BCUT2D eigenvalue weighted by atomic mass is 9.97. The highest BCUT2D eigenvalue weighted by atomic mass is 16.6. The van der Waals surface area contributed by atoms with Gasteiger partial charge in [0, 0.05) is 18.7 Å². The number of hydrogen-bond donors (Lipinski definition) is 3. The molecule has 0 aromatic heterocycles. The SMILES string of the molecule is C=CCN(C(=O)C(Cc1ccc(O)cc1)NC(=O)OC(C)(C)C)C(C(=O)Nc1ccccc1C)c1ccccc1C. The zero-order valence-corrected chi connectivity index (χ0v) is 24.3. The third-order valence-electron chi connectivity index (χ3n) is 6.42. The maximum absolute atomic E-state index is 14.3. The summed E-state index contributed by atoms with van der Waals surface area (Å²) < 4.78 is 5.46. The van der Waals surface area contributed by atoms with Crippen LogP contribution < -0.4 is 10.6 Å². The Labute approximate surface area is 242 Å². The van der Waals surface area contributed by atoms with Gasteiger partial charge in [0.15, 0.2) is 0 Å². The van der Waals surface area contributed by atoms with E-state index < -0.39 is 35.6 Å². The van der Waals surface area contributed by atoms with Gasteiger partial charge in [0.25, 0.3) is 5.91 Å². The topological polar surface area (TPSA) is 108 Å². The number of para-hydroxylation sites is 1. The second-order valence-electron chi connectivity index (χ2n) is 10.9. The quantitative estimate of drug-likeness (QED) is 0.272. The van der Waals surface area contributed by atoms with E-state index in [1.807, 2.05) is 56.3 Å². The fourth-order valence-corrected chi connectivity index (χ4v) is 4.44. The Morgan fingerprint density at radius 1 is 0.951 bits per heavy atom. The molecule has 0 aliphatic rings. The molecular formula is C33H39N3O5. The van der Waals surface area contributed by atoms with Crippen molar-refractivity contribution >= 4 is 23.6 Å². The highest BCUT2D eigenvalue weighted by Gasteiger charge is 2.36. The smallest absolute Gasteiger partial charge is 0.408 e. The average molecular weight is 558 g/mol. The standard InChI is InChI=1S/C33H39N3O5/c1-7-20-36(29(26-14-10-8-12-22(26)2)30(38)34-27-15-11-9-13-23(27)3)31(39)28(35-32(40)41-33(4,5)6)21-24-16-18-25(37)19-17-24/h7-19,28-29,37H,1,20-21H2,2-6H3,(H,34,38)(H,35,40). The van der Waals surface area contributed by atoms with Gasteiger partial charge in [0.2, 0.25) is 5.91 Å². The number of benzene rings is 3. The molecule has 0 saturated heterocycles. The van der Waals surface area contributed by atoms with Gasteiger partial charge in [-0.15, -0.1) is 6.58 Å². The Balaban J connectivity index is 2.06. The van der Waals surface area contributed by atoms with Crippen molar-refractivity contribution in [3.8, 4) is 5.75 Å². The summed E-state index contributed by atoms with van der Waals surface area (Å²) in [5, 5.41) is 15.4. The number of rotatable bonds is 10. The summed E-state index contributed by atoms with van der Waals surface area (Å²) in [4.78, 5) is 42.6. The average Bonchev–Trinajstić information content (AvgIpc) is 2.90. The van der Waals surface area contributed by atoms with E-state index in [0.29, 0.717) is 16.8 Å². The number of amides is 3. The number of aromatic hydroxyl groups is 1. The minimum absolute atomic E-state index is 0.0428. The van der Waals surface area contributed by atoms with Gasteiger partial charge in [0.05, 0.1) is 0 Å². The highest BCUT2D eigenvalue weighted by molar-refractivity contribution is 5.99. The number of nitrogens with zero attached hydrogens (tertiary/aromatic N) is 1. The molecule has 8 nitrogen and oxygen atoms in total. The molecule has 0 heterocycles. The normalized spacial score (nSPS) is 12.5. The zero-order chi connectivity index (χ0) is 30.2. The molecule has 8 heteroatoms. The molecule has 3 N–H and O–H groups in total. The maximum atomic E-state index is 14.3. The Bertz CT molecular complexity index is 1380. The Morgan fingerprint density at radius 3 is 2.15 bits per heavy atom. The molecule has 216 valence electrons. The monoisotopic (exact) mass is 557 g/mol. The van der Waals surface area contributed by atoms with Gasteiger partial charge in [0.1, 0.15) is 23.4 Å². The Kier molecular flexibility index (Phi) is 10.3. The summed E-state index contributed by atoms with van der Waals surface area (Å²) in [7, 11) is 0. The van der Waals surface area contributed by atoms with Crippen LogP contribution in [0.5, 0.6) is 5.75 Å². The number of phenolic OH excluding ortho intramolecular Hbond substituents is 1. The maximum Gasteiger partial charge on any atom is 0.408 e. The van der Waals surface area contributed by atoms with Crippen LogP contribution in [0.3, 0.4) is 0 Å². The van der Waals surface area contributed by atoms with E-state index in [1.165, 1.54) is 17.0 Å². The number of ether oxygens (including phenoxy) is 1. The van der Waals surface area contributed by atoms with Crippen molar-refractivity contribution in [2.75, 3.05) is 11.9 Å². The molecule has 2 atom stereocenters. The first kappa shape index (κ1) is 30.9. The molecule has 3 rings (SSSR count). The third-order valence-corrected chi connectivity index (χ3v) is 6.42. The van der Waals surface area contributed by atoms with E-state index >= 15 is 0 Å². The number of alkyl carbamates (subject to hydrolysis) is 1. The minimum atomic E-state index is -1.08. The molecule has 3 amide bonds. The van der Waals surface area contributed by atoms with Crippen LogP contribution >= 0.6 is 0 Å². The largest absolute Gasteiger partial charge is 0.508 e. The molecule has 41 heavy (non-hydrogen) atoms. The van der Waals surface area contributed by atoms with Crippen molar-refractivity contribution in [2.45, 2.75) is 58.7 Å². The van der Waals surface area contributed by atoms with E-state index in [0.717, 1.165) is 11.1 Å². The summed E-state index contributed by atoms with van der Waals surface area (Å²) >= 11 is 0. The number of phenols is 1. The Hall–Kier alpha value is -4.59. The fraction of sp³-hybridized carbons (Fsp3) is 0.303. The molecule has 0 spiro atoms. The van der Waals surface area contributed by atoms with Gasteiger partial charge in [-0.1, -0.05) is 60.7 Å². The van der Waals surface area contributed by atoms with Crippen LogP contribution in [-0.4, -0.2) is 46.1 Å². The second-order valence-corrected chi connectivity index (χ2v) is 10.9. The van der Waals surface area contributed by atoms with E-state index in [9.17, 15) is 19.5 Å². The molecule has 2 unspecified atom stereocenters. The summed E-state index contributed by atoms with van der Waals surface area (Å²) in [6, 6.07) is 19.1. The molecule has 0 aliphatic heterocycles. The van der Waals surface area contributed by atoms with Gasteiger partial charge < -0.3 is 25.4 Å². The summed E-state index contributed by atoms with van der Waals surface area (Å²) in [6.07, 6.45) is 0.895. The van der Waals surface area contributed by atoms with Crippen LogP contribution in [0.4, 0.5) is 10.5 Å². The van der Waals surface area contributed by atoms with Crippen LogP contribution in [0.15, 0.2) is 85.5 Å².